The van der Waals surface area contributed by atoms with Crippen molar-refractivity contribution in [1.29, 1.82) is 0 Å². The van der Waals surface area contributed by atoms with Crippen molar-refractivity contribution in [2.24, 2.45) is 0 Å². The number of rotatable bonds is 71. The van der Waals surface area contributed by atoms with Crippen LogP contribution < -0.4 is 5.32 Å². The van der Waals surface area contributed by atoms with Gasteiger partial charge in [0.1, 0.15) is 0 Å². The van der Waals surface area contributed by atoms with Crippen molar-refractivity contribution < 1.29 is 24.5 Å². The third kappa shape index (κ3) is 67.6. The lowest BCUT2D eigenvalue weighted by Gasteiger charge is -2.20. The molecule has 2 unspecified atom stereocenters. The number of aliphatic hydroxyl groups excluding tert-OH is 2. The first-order valence-corrected chi connectivity index (χ1v) is 37.5. The lowest BCUT2D eigenvalue weighted by Crippen LogP contribution is -2.45. The highest BCUT2D eigenvalue weighted by Crippen LogP contribution is 2.20. The first-order valence-electron chi connectivity index (χ1n) is 37.5. The predicted octanol–water partition coefficient (Wildman–Crippen LogP) is 24.3. The largest absolute Gasteiger partial charge is 0.466 e. The number of esters is 1. The molecular formula is C75H147NO5. The van der Waals surface area contributed by atoms with Crippen LogP contribution >= 0.6 is 0 Å². The van der Waals surface area contributed by atoms with Crippen LogP contribution in [0.4, 0.5) is 0 Å². The molecule has 0 fully saturated rings. The monoisotopic (exact) mass is 1140 g/mol. The van der Waals surface area contributed by atoms with Gasteiger partial charge in [-0.1, -0.05) is 398 Å². The molecule has 0 aliphatic heterocycles. The van der Waals surface area contributed by atoms with E-state index < -0.39 is 12.1 Å². The number of nitrogens with one attached hydrogen (secondary N) is 1. The summed E-state index contributed by atoms with van der Waals surface area (Å²) in [4.78, 5) is 24.7. The normalized spacial score (nSPS) is 12.5. The van der Waals surface area contributed by atoms with Gasteiger partial charge in [0.2, 0.25) is 5.91 Å². The van der Waals surface area contributed by atoms with Crippen LogP contribution in [0.3, 0.4) is 0 Å². The summed E-state index contributed by atoms with van der Waals surface area (Å²) in [6.45, 7) is 4.96. The summed E-state index contributed by atoms with van der Waals surface area (Å²) in [5.74, 6) is -0.0438. The van der Waals surface area contributed by atoms with Gasteiger partial charge in [0.15, 0.2) is 0 Å². The Labute approximate surface area is 508 Å². The van der Waals surface area contributed by atoms with Crippen molar-refractivity contribution in [2.75, 3.05) is 13.2 Å². The van der Waals surface area contributed by atoms with Gasteiger partial charge >= 0.3 is 5.97 Å². The van der Waals surface area contributed by atoms with Crippen LogP contribution in [0.2, 0.25) is 0 Å². The highest BCUT2D eigenvalue weighted by atomic mass is 16.5. The molecule has 482 valence electrons. The minimum Gasteiger partial charge on any atom is -0.466 e. The quantitative estimate of drug-likeness (QED) is 0.0320. The Bertz CT molecular complexity index is 1220. The van der Waals surface area contributed by atoms with Crippen molar-refractivity contribution >= 4 is 11.9 Å². The molecule has 0 saturated carbocycles. The first-order chi connectivity index (χ1) is 40.0. The predicted molar refractivity (Wildman–Crippen MR) is 357 cm³/mol. The number of carbonyl (C=O) groups is 2. The van der Waals surface area contributed by atoms with Gasteiger partial charge in [0.05, 0.1) is 25.4 Å². The van der Waals surface area contributed by atoms with Crippen molar-refractivity contribution in [3.05, 3.63) is 12.2 Å². The number of hydrogen-bond acceptors (Lipinski definition) is 5. The molecule has 0 aromatic rings. The van der Waals surface area contributed by atoms with Gasteiger partial charge in [0.25, 0.3) is 0 Å². The van der Waals surface area contributed by atoms with Gasteiger partial charge in [-0.2, -0.15) is 0 Å². The Kier molecular flexibility index (Phi) is 69.9. The Balaban J connectivity index is 3.38. The number of amides is 1. The maximum atomic E-state index is 12.5. The SMILES string of the molecule is CCCCCCCCCCCCCCCCCCCCCCC/C=C/C(O)C(CO)NC(=O)CCCCCCCCCCCCCCCCCCCCCCCCOC(=O)CCCCCCCCCCCCCCCCCCCCC. The fraction of sp³-hybridized carbons (Fsp3) is 0.947. The van der Waals surface area contributed by atoms with E-state index in [0.29, 0.717) is 19.4 Å². The van der Waals surface area contributed by atoms with E-state index in [1.807, 2.05) is 6.08 Å². The molecule has 0 aromatic carbocycles. The van der Waals surface area contributed by atoms with Crippen molar-refractivity contribution in [1.82, 2.24) is 5.32 Å². The van der Waals surface area contributed by atoms with E-state index in [1.54, 1.807) is 6.08 Å². The molecule has 3 N–H and O–H groups in total. The van der Waals surface area contributed by atoms with E-state index in [9.17, 15) is 19.8 Å². The highest BCUT2D eigenvalue weighted by molar-refractivity contribution is 5.76. The number of ether oxygens (including phenoxy) is 1. The molecule has 6 heteroatoms. The van der Waals surface area contributed by atoms with Crippen LogP contribution in [0.25, 0.3) is 0 Å². The molecule has 1 amide bonds. The molecule has 0 heterocycles. The summed E-state index contributed by atoms with van der Waals surface area (Å²) < 4.78 is 5.52. The zero-order chi connectivity index (χ0) is 58.5. The summed E-state index contributed by atoms with van der Waals surface area (Å²) in [5, 5.41) is 23.3. The van der Waals surface area contributed by atoms with E-state index >= 15 is 0 Å². The van der Waals surface area contributed by atoms with Gasteiger partial charge in [-0.25, -0.2) is 0 Å². The molecule has 6 nitrogen and oxygen atoms in total. The van der Waals surface area contributed by atoms with E-state index in [1.165, 1.54) is 366 Å². The fourth-order valence-electron chi connectivity index (χ4n) is 12.1. The molecule has 81 heavy (non-hydrogen) atoms. The smallest absolute Gasteiger partial charge is 0.305 e. The van der Waals surface area contributed by atoms with Crippen molar-refractivity contribution in [3.63, 3.8) is 0 Å². The van der Waals surface area contributed by atoms with Crippen LogP contribution in [-0.4, -0.2) is 47.4 Å². The maximum absolute atomic E-state index is 12.5. The standard InChI is InChI=1S/C75H147NO5/c1-3-5-7-9-11-13-15-17-19-21-23-24-25-28-32-35-39-43-47-51-55-59-63-67-73(78)72(71-77)76-74(79)68-64-60-56-52-48-44-40-36-33-29-26-27-30-34-38-42-46-50-54-58-62-66-70-81-75(80)69-65-61-57-53-49-45-41-37-31-22-20-18-16-14-12-10-8-6-4-2/h63,67,72-73,77-78H,3-62,64-66,68-71H2,1-2H3,(H,76,79)/b67-63+. The molecule has 0 radical (unpaired) electrons. The Morgan fingerprint density at radius 1 is 0.333 bits per heavy atom. The third-order valence-electron chi connectivity index (χ3n) is 17.8. The lowest BCUT2D eigenvalue weighted by molar-refractivity contribution is -0.143. The number of hydrogen-bond donors (Lipinski definition) is 3. The molecule has 0 aromatic heterocycles. The zero-order valence-electron chi connectivity index (χ0n) is 55.3. The van der Waals surface area contributed by atoms with Gasteiger partial charge in [-0.15, -0.1) is 0 Å². The minimum atomic E-state index is -0.845. The summed E-state index contributed by atoms with van der Waals surface area (Å²) in [6, 6.07) is -0.629. The van der Waals surface area contributed by atoms with Crippen molar-refractivity contribution in [3.8, 4) is 0 Å². The zero-order valence-corrected chi connectivity index (χ0v) is 55.3. The Morgan fingerprint density at radius 2 is 0.568 bits per heavy atom. The van der Waals surface area contributed by atoms with Gasteiger partial charge in [0, 0.05) is 12.8 Å². The summed E-state index contributed by atoms with van der Waals surface area (Å²) >= 11 is 0. The second-order valence-corrected chi connectivity index (χ2v) is 26.0. The first kappa shape index (κ1) is 79.6. The summed E-state index contributed by atoms with van der Waals surface area (Å²) in [5.41, 5.74) is 0. The van der Waals surface area contributed by atoms with Gasteiger partial charge < -0.3 is 20.3 Å². The number of unbranched alkanes of at least 4 members (excludes halogenated alkanes) is 60. The molecular weight excluding hydrogens is 995 g/mol. The third-order valence-corrected chi connectivity index (χ3v) is 17.8. The molecule has 0 rings (SSSR count). The van der Waals surface area contributed by atoms with Crippen LogP contribution in [-0.2, 0) is 14.3 Å². The second-order valence-electron chi connectivity index (χ2n) is 26.0. The Hall–Kier alpha value is -1.40. The Morgan fingerprint density at radius 3 is 0.840 bits per heavy atom. The van der Waals surface area contributed by atoms with E-state index in [0.717, 1.165) is 38.5 Å². The van der Waals surface area contributed by atoms with Crippen LogP contribution in [0.15, 0.2) is 12.2 Å². The van der Waals surface area contributed by atoms with E-state index in [-0.39, 0.29) is 18.5 Å². The molecule has 0 spiro atoms. The topological polar surface area (TPSA) is 95.9 Å². The van der Waals surface area contributed by atoms with Gasteiger partial charge in [-0.05, 0) is 32.1 Å². The van der Waals surface area contributed by atoms with Crippen LogP contribution in [0.1, 0.15) is 431 Å². The summed E-state index contributed by atoms with van der Waals surface area (Å²) in [6.07, 6.45) is 88.7. The van der Waals surface area contributed by atoms with Crippen LogP contribution in [0, 0.1) is 0 Å². The minimum absolute atomic E-state index is 0.0189. The maximum Gasteiger partial charge on any atom is 0.305 e. The second kappa shape index (κ2) is 71.1. The molecule has 0 bridgehead atoms. The van der Waals surface area contributed by atoms with Gasteiger partial charge in [-0.3, -0.25) is 9.59 Å². The number of aliphatic hydroxyl groups is 2. The fourth-order valence-corrected chi connectivity index (χ4v) is 12.1. The highest BCUT2D eigenvalue weighted by Gasteiger charge is 2.18. The van der Waals surface area contributed by atoms with Crippen LogP contribution in [0.5, 0.6) is 0 Å². The molecule has 2 atom stereocenters. The lowest BCUT2D eigenvalue weighted by atomic mass is 10.0. The average Bonchev–Trinajstić information content (AvgIpc) is 3.47. The average molecular weight is 1140 g/mol. The molecule has 0 aliphatic rings. The molecule has 0 aliphatic carbocycles. The van der Waals surface area contributed by atoms with E-state index in [4.69, 9.17) is 4.74 Å². The number of carbonyl (C=O) groups excluding carboxylic acids is 2. The molecule has 0 saturated heterocycles. The summed E-state index contributed by atoms with van der Waals surface area (Å²) in [7, 11) is 0. The van der Waals surface area contributed by atoms with Crippen molar-refractivity contribution in [2.45, 2.75) is 443 Å². The van der Waals surface area contributed by atoms with E-state index in [2.05, 4.69) is 19.2 Å². The number of allylic oxidation sites excluding steroid dienone is 1.